The number of anilines is 1. The molecule has 1 aliphatic heterocycles. The molecule has 17 heavy (non-hydrogen) atoms. The van der Waals surface area contributed by atoms with Crippen LogP contribution in [0.5, 0.6) is 0 Å². The summed E-state index contributed by atoms with van der Waals surface area (Å²) in [6.07, 6.45) is 2.06. The van der Waals surface area contributed by atoms with Crippen LogP contribution in [0.3, 0.4) is 0 Å². The highest BCUT2D eigenvalue weighted by molar-refractivity contribution is 6.31. The molecule has 0 aromatic carbocycles. The number of alkyl halides is 3. The van der Waals surface area contributed by atoms with E-state index < -0.39 is 11.9 Å². The summed E-state index contributed by atoms with van der Waals surface area (Å²) in [5.41, 5.74) is -0.377. The zero-order chi connectivity index (χ0) is 12.5. The molecule has 2 nitrogen and oxygen atoms in total. The average Bonchev–Trinajstić information content (AvgIpc) is 2.29. The van der Waals surface area contributed by atoms with Gasteiger partial charge in [-0.2, -0.15) is 13.2 Å². The van der Waals surface area contributed by atoms with Crippen molar-refractivity contribution in [2.75, 3.05) is 11.4 Å². The molecule has 0 amide bonds. The second-order valence-corrected chi connectivity index (χ2v) is 3.81. The van der Waals surface area contributed by atoms with Crippen molar-refractivity contribution in [3.8, 4) is 0 Å². The van der Waals surface area contributed by atoms with Gasteiger partial charge in [-0.1, -0.05) is 23.8 Å². The van der Waals surface area contributed by atoms with Crippen molar-refractivity contribution in [2.45, 2.75) is 6.18 Å². The molecule has 2 heterocycles. The molecule has 0 saturated heterocycles. The minimum absolute atomic E-state index is 0.453. The van der Waals surface area contributed by atoms with E-state index in [9.17, 15) is 13.2 Å². The van der Waals surface area contributed by atoms with E-state index in [1.54, 1.807) is 17.1 Å². The molecule has 1 aromatic heterocycles. The largest absolute Gasteiger partial charge is 0.433 e. The van der Waals surface area contributed by atoms with Crippen molar-refractivity contribution in [2.24, 2.45) is 0 Å². The molecular weight excluding hydrogens is 253 g/mol. The lowest BCUT2D eigenvalue weighted by Gasteiger charge is -2.24. The van der Waals surface area contributed by atoms with Crippen LogP contribution in [-0.4, -0.2) is 11.5 Å². The summed E-state index contributed by atoms with van der Waals surface area (Å²) < 4.78 is 36.9. The van der Waals surface area contributed by atoms with Crippen LogP contribution in [0, 0.1) is 0 Å². The summed E-state index contributed by atoms with van der Waals surface area (Å²) >= 11 is 5.93. The first-order chi connectivity index (χ1) is 7.98. The summed E-state index contributed by atoms with van der Waals surface area (Å²) in [7, 11) is 0. The average molecular weight is 261 g/mol. The molecule has 90 valence electrons. The van der Waals surface area contributed by atoms with Gasteiger partial charge < -0.3 is 4.90 Å². The highest BCUT2D eigenvalue weighted by Crippen LogP contribution is 2.29. The second kappa shape index (κ2) is 4.41. The first kappa shape index (κ1) is 12.0. The fraction of sp³-hybridized carbons (Fsp3) is 0.182. The summed E-state index contributed by atoms with van der Waals surface area (Å²) in [6, 6.07) is 2.29. The summed E-state index contributed by atoms with van der Waals surface area (Å²) in [6.45, 7) is 0.516. The third-order valence-electron chi connectivity index (χ3n) is 2.27. The maximum atomic E-state index is 12.3. The molecule has 2 rings (SSSR count). The molecule has 0 unspecified atom stereocenters. The predicted molar refractivity (Wildman–Crippen MR) is 59.7 cm³/mol. The van der Waals surface area contributed by atoms with Crippen LogP contribution in [-0.2, 0) is 6.18 Å². The number of rotatable bonds is 1. The van der Waals surface area contributed by atoms with Crippen LogP contribution in [0.15, 0.2) is 41.7 Å². The van der Waals surface area contributed by atoms with Crippen molar-refractivity contribution in [3.63, 3.8) is 0 Å². The predicted octanol–water partition coefficient (Wildman–Crippen LogP) is 3.56. The third-order valence-corrected chi connectivity index (χ3v) is 2.60. The molecule has 6 heteroatoms. The zero-order valence-electron chi connectivity index (χ0n) is 8.58. The van der Waals surface area contributed by atoms with Crippen LogP contribution >= 0.6 is 11.6 Å². The maximum Gasteiger partial charge on any atom is 0.433 e. The van der Waals surface area contributed by atoms with Gasteiger partial charge in [0.25, 0.3) is 0 Å². The van der Waals surface area contributed by atoms with Gasteiger partial charge in [0, 0.05) is 6.54 Å². The van der Waals surface area contributed by atoms with Gasteiger partial charge in [-0.05, 0) is 18.2 Å². The van der Waals surface area contributed by atoms with Crippen molar-refractivity contribution >= 4 is 17.3 Å². The molecule has 0 fully saturated rings. The van der Waals surface area contributed by atoms with Gasteiger partial charge in [0.15, 0.2) is 0 Å². The molecule has 0 aliphatic carbocycles. The standard InChI is InChI=1S/C11H8ClF3N2/c12-10-3-1-2-6-17(10)8-4-5-9(16-7-8)11(13,14)15/h1-5,7H,6H2. The van der Waals surface area contributed by atoms with E-state index in [0.29, 0.717) is 17.4 Å². The number of allylic oxidation sites excluding steroid dienone is 2. The summed E-state index contributed by atoms with van der Waals surface area (Å²) in [5, 5.41) is 0.453. The van der Waals surface area contributed by atoms with E-state index in [4.69, 9.17) is 11.6 Å². The van der Waals surface area contributed by atoms with Gasteiger partial charge in [-0.3, -0.25) is 0 Å². The Hall–Kier alpha value is -1.49. The lowest BCUT2D eigenvalue weighted by atomic mass is 10.2. The monoisotopic (exact) mass is 260 g/mol. The maximum absolute atomic E-state index is 12.3. The summed E-state index contributed by atoms with van der Waals surface area (Å²) in [5.74, 6) is 0. The number of nitrogens with zero attached hydrogens (tertiary/aromatic N) is 2. The molecule has 1 aromatic rings. The van der Waals surface area contributed by atoms with Gasteiger partial charge in [-0.15, -0.1) is 0 Å². The number of halogens is 4. The fourth-order valence-electron chi connectivity index (χ4n) is 1.43. The Morgan fingerprint density at radius 2 is 2.06 bits per heavy atom. The highest BCUT2D eigenvalue weighted by Gasteiger charge is 2.32. The topological polar surface area (TPSA) is 16.1 Å². The molecule has 0 radical (unpaired) electrons. The molecule has 0 atom stereocenters. The van der Waals surface area contributed by atoms with Crippen LogP contribution in [0.25, 0.3) is 0 Å². The van der Waals surface area contributed by atoms with Gasteiger partial charge in [-0.25, -0.2) is 4.98 Å². The Morgan fingerprint density at radius 1 is 1.29 bits per heavy atom. The van der Waals surface area contributed by atoms with Gasteiger partial charge in [0.2, 0.25) is 0 Å². The number of hydrogen-bond donors (Lipinski definition) is 0. The lowest BCUT2D eigenvalue weighted by Crippen LogP contribution is -2.22. The van der Waals surface area contributed by atoms with Crippen LogP contribution in [0.1, 0.15) is 5.69 Å². The Kier molecular flexibility index (Phi) is 3.11. The molecule has 0 N–H and O–H groups in total. The van der Waals surface area contributed by atoms with Crippen molar-refractivity contribution in [3.05, 3.63) is 47.4 Å². The minimum atomic E-state index is -4.42. The van der Waals surface area contributed by atoms with E-state index in [2.05, 4.69) is 4.98 Å². The van der Waals surface area contributed by atoms with Gasteiger partial charge in [0.1, 0.15) is 10.9 Å². The fourth-order valence-corrected chi connectivity index (χ4v) is 1.67. The van der Waals surface area contributed by atoms with Crippen LogP contribution in [0.2, 0.25) is 0 Å². The van der Waals surface area contributed by atoms with Crippen molar-refractivity contribution in [1.29, 1.82) is 0 Å². The highest BCUT2D eigenvalue weighted by atomic mass is 35.5. The number of aromatic nitrogens is 1. The lowest BCUT2D eigenvalue weighted by molar-refractivity contribution is -0.141. The minimum Gasteiger partial charge on any atom is -0.327 e. The Balaban J connectivity index is 2.24. The molecule has 0 bridgehead atoms. The molecule has 0 saturated carbocycles. The van der Waals surface area contributed by atoms with Crippen LogP contribution < -0.4 is 4.90 Å². The zero-order valence-corrected chi connectivity index (χ0v) is 9.33. The Bertz CT molecular complexity index is 463. The normalized spacial score (nSPS) is 16.0. The van der Waals surface area contributed by atoms with Crippen molar-refractivity contribution in [1.82, 2.24) is 4.98 Å². The molecule has 0 spiro atoms. The van der Waals surface area contributed by atoms with E-state index in [0.717, 1.165) is 12.3 Å². The Labute approximate surface area is 101 Å². The quantitative estimate of drug-likeness (QED) is 0.718. The van der Waals surface area contributed by atoms with E-state index in [1.165, 1.54) is 6.07 Å². The Morgan fingerprint density at radius 3 is 2.59 bits per heavy atom. The first-order valence-electron chi connectivity index (χ1n) is 4.81. The third kappa shape index (κ3) is 2.61. The van der Waals surface area contributed by atoms with E-state index >= 15 is 0 Å². The summed E-state index contributed by atoms with van der Waals surface area (Å²) in [4.78, 5) is 5.04. The second-order valence-electron chi connectivity index (χ2n) is 3.43. The van der Waals surface area contributed by atoms with E-state index in [-0.39, 0.29) is 0 Å². The number of pyridine rings is 1. The molecule has 1 aliphatic rings. The smallest absolute Gasteiger partial charge is 0.327 e. The number of hydrogen-bond acceptors (Lipinski definition) is 2. The van der Waals surface area contributed by atoms with Gasteiger partial charge in [0.05, 0.1) is 11.9 Å². The van der Waals surface area contributed by atoms with Crippen molar-refractivity contribution < 1.29 is 13.2 Å². The van der Waals surface area contributed by atoms with E-state index in [1.807, 2.05) is 6.08 Å². The SMILES string of the molecule is FC(F)(F)c1ccc(N2CC=CC=C2Cl)cn1. The first-order valence-corrected chi connectivity index (χ1v) is 5.19. The molecular formula is C11H8ClF3N2. The van der Waals surface area contributed by atoms with Crippen LogP contribution in [0.4, 0.5) is 18.9 Å². The van der Waals surface area contributed by atoms with Gasteiger partial charge >= 0.3 is 6.18 Å².